The van der Waals surface area contributed by atoms with Crippen LogP contribution in [0.4, 0.5) is 5.69 Å². The van der Waals surface area contributed by atoms with Gasteiger partial charge in [-0.15, -0.1) is 0 Å². The number of aliphatic carboxylic acids is 1. The summed E-state index contributed by atoms with van der Waals surface area (Å²) in [5.74, 6) is 0.462. The van der Waals surface area contributed by atoms with Crippen LogP contribution in [0.3, 0.4) is 0 Å². The average molecular weight is 430 g/mol. The predicted octanol–water partition coefficient (Wildman–Crippen LogP) is 3.32. The summed E-state index contributed by atoms with van der Waals surface area (Å²) >= 11 is 1.06. The smallest absolute Gasteiger partial charge is 0.317 e. The second-order valence-corrected chi connectivity index (χ2v) is 7.58. The van der Waals surface area contributed by atoms with Gasteiger partial charge in [0.2, 0.25) is 5.91 Å². The summed E-state index contributed by atoms with van der Waals surface area (Å²) in [5.41, 5.74) is 1.40. The van der Waals surface area contributed by atoms with E-state index in [1.807, 2.05) is 6.07 Å². The number of aliphatic imine (C=N–C) groups is 1. The van der Waals surface area contributed by atoms with E-state index in [0.29, 0.717) is 28.1 Å². The molecule has 30 heavy (non-hydrogen) atoms. The van der Waals surface area contributed by atoms with Crippen molar-refractivity contribution >= 4 is 34.5 Å². The van der Waals surface area contributed by atoms with Crippen LogP contribution in [0.25, 0.3) is 0 Å². The highest BCUT2D eigenvalue weighted by Gasteiger charge is 2.36. The van der Waals surface area contributed by atoms with E-state index in [-0.39, 0.29) is 18.9 Å². The molecule has 0 saturated carbocycles. The minimum Gasteiger partial charge on any atom is -0.497 e. The zero-order valence-electron chi connectivity index (χ0n) is 16.8. The van der Waals surface area contributed by atoms with Crippen molar-refractivity contribution in [1.29, 1.82) is 0 Å². The lowest BCUT2D eigenvalue weighted by molar-refractivity contribution is -0.139. The number of nitrogens with zero attached hydrogens (tertiary/aromatic N) is 2. The van der Waals surface area contributed by atoms with Gasteiger partial charge in [0.05, 0.1) is 40.0 Å². The molecule has 8 nitrogen and oxygen atoms in total. The fourth-order valence-electron chi connectivity index (χ4n) is 2.92. The van der Waals surface area contributed by atoms with Crippen molar-refractivity contribution in [3.05, 3.63) is 48.0 Å². The molecule has 1 heterocycles. The number of methoxy groups -OCH3 is 3. The van der Waals surface area contributed by atoms with Gasteiger partial charge in [0.15, 0.2) is 16.7 Å². The van der Waals surface area contributed by atoms with Crippen molar-refractivity contribution < 1.29 is 28.9 Å². The number of carboxylic acid groups (broad SMARTS) is 1. The number of amides is 1. The quantitative estimate of drug-likeness (QED) is 0.720. The van der Waals surface area contributed by atoms with Crippen LogP contribution in [-0.2, 0) is 16.1 Å². The maximum absolute atomic E-state index is 12.8. The van der Waals surface area contributed by atoms with E-state index in [1.54, 1.807) is 50.6 Å². The van der Waals surface area contributed by atoms with Gasteiger partial charge in [-0.3, -0.25) is 14.5 Å². The number of ether oxygens (including phenoxy) is 3. The number of rotatable bonds is 7. The molecule has 0 radical (unpaired) electrons. The highest BCUT2D eigenvalue weighted by Crippen LogP contribution is 2.33. The van der Waals surface area contributed by atoms with Crippen LogP contribution >= 0.6 is 11.8 Å². The summed E-state index contributed by atoms with van der Waals surface area (Å²) in [6.45, 7) is 0.230. The van der Waals surface area contributed by atoms with Gasteiger partial charge in [-0.25, -0.2) is 4.99 Å². The van der Waals surface area contributed by atoms with Crippen molar-refractivity contribution in [3.63, 3.8) is 0 Å². The van der Waals surface area contributed by atoms with E-state index in [0.717, 1.165) is 17.3 Å². The van der Waals surface area contributed by atoms with Gasteiger partial charge in [0, 0.05) is 0 Å². The number of carboxylic acids is 1. The number of benzene rings is 2. The fraction of sp³-hybridized carbons (Fsp3) is 0.286. The lowest BCUT2D eigenvalue weighted by Crippen LogP contribution is -2.43. The van der Waals surface area contributed by atoms with Gasteiger partial charge in [-0.05, 0) is 42.0 Å². The molecule has 0 aromatic heterocycles. The lowest BCUT2D eigenvalue weighted by atomic mass is 10.1. The van der Waals surface area contributed by atoms with Gasteiger partial charge in [0.1, 0.15) is 11.0 Å². The second kappa shape index (κ2) is 9.53. The molecule has 158 valence electrons. The van der Waals surface area contributed by atoms with E-state index in [1.165, 1.54) is 12.0 Å². The first-order valence-electron chi connectivity index (χ1n) is 9.08. The van der Waals surface area contributed by atoms with Crippen LogP contribution in [0.1, 0.15) is 12.0 Å². The summed E-state index contributed by atoms with van der Waals surface area (Å²) in [5, 5.41) is 8.87. The first-order valence-corrected chi connectivity index (χ1v) is 9.96. The molecule has 0 spiro atoms. The number of amidine groups is 1. The Morgan fingerprint density at radius 1 is 1.10 bits per heavy atom. The van der Waals surface area contributed by atoms with E-state index in [4.69, 9.17) is 14.2 Å². The Labute approximate surface area is 178 Å². The van der Waals surface area contributed by atoms with Crippen LogP contribution in [0, 0.1) is 0 Å². The normalized spacial score (nSPS) is 17.7. The Morgan fingerprint density at radius 2 is 1.80 bits per heavy atom. The summed E-state index contributed by atoms with van der Waals surface area (Å²) in [6, 6.07) is 12.4. The van der Waals surface area contributed by atoms with Crippen LogP contribution in [-0.4, -0.2) is 53.6 Å². The Hall–Kier alpha value is -3.20. The van der Waals surface area contributed by atoms with Crippen LogP contribution in [0.2, 0.25) is 0 Å². The SMILES string of the molecule is COc1ccc(N=C2S[C@H](C(=O)O)CC(=O)N2Cc2ccc(OC)c(OC)c2)cc1. The number of hydrogen-bond acceptors (Lipinski definition) is 7. The summed E-state index contributed by atoms with van der Waals surface area (Å²) in [4.78, 5) is 30.3. The van der Waals surface area contributed by atoms with Crippen molar-refractivity contribution in [2.45, 2.75) is 18.2 Å². The third-order valence-electron chi connectivity index (χ3n) is 4.50. The molecule has 9 heteroatoms. The highest BCUT2D eigenvalue weighted by molar-refractivity contribution is 8.15. The molecule has 1 atom stereocenters. The summed E-state index contributed by atoms with van der Waals surface area (Å²) in [7, 11) is 4.66. The molecule has 1 aliphatic rings. The number of carbonyl (C=O) groups is 2. The third kappa shape index (κ3) is 4.85. The first-order chi connectivity index (χ1) is 14.4. The standard InChI is InChI=1S/C21H22N2O6S/c1-27-15-7-5-14(6-8-15)22-21-23(19(24)11-18(30-21)20(25)26)12-13-4-9-16(28-2)17(10-13)29-3/h4-10,18H,11-12H2,1-3H3,(H,25,26)/t18-/m0/s1. The molecule has 1 N–H and O–H groups in total. The second-order valence-electron chi connectivity index (χ2n) is 6.41. The predicted molar refractivity (Wildman–Crippen MR) is 114 cm³/mol. The Bertz CT molecular complexity index is 960. The molecule has 3 rings (SSSR count). The van der Waals surface area contributed by atoms with Gasteiger partial charge in [-0.1, -0.05) is 17.8 Å². The summed E-state index contributed by atoms with van der Waals surface area (Å²) < 4.78 is 15.7. The molecule has 0 aliphatic carbocycles. The molecule has 1 saturated heterocycles. The van der Waals surface area contributed by atoms with Crippen molar-refractivity contribution in [1.82, 2.24) is 4.90 Å². The Kier molecular flexibility index (Phi) is 6.83. The molecule has 0 unspecified atom stereocenters. The van der Waals surface area contributed by atoms with Crippen LogP contribution in [0.5, 0.6) is 17.2 Å². The topological polar surface area (TPSA) is 97.7 Å². The minimum atomic E-state index is -1.04. The average Bonchev–Trinajstić information content (AvgIpc) is 2.76. The molecule has 1 fully saturated rings. The Balaban J connectivity index is 1.93. The summed E-state index contributed by atoms with van der Waals surface area (Å²) in [6.07, 6.45) is -0.102. The third-order valence-corrected chi connectivity index (χ3v) is 5.68. The van der Waals surface area contributed by atoms with Crippen molar-refractivity contribution in [3.8, 4) is 17.2 Å². The fourth-order valence-corrected chi connectivity index (χ4v) is 3.95. The van der Waals surface area contributed by atoms with Gasteiger partial charge in [0.25, 0.3) is 0 Å². The number of thioether (sulfide) groups is 1. The molecule has 1 aliphatic heterocycles. The highest BCUT2D eigenvalue weighted by atomic mass is 32.2. The minimum absolute atomic E-state index is 0.102. The van der Waals surface area contributed by atoms with E-state index in [2.05, 4.69) is 4.99 Å². The first kappa shape index (κ1) is 21.5. The van der Waals surface area contributed by atoms with Gasteiger partial charge >= 0.3 is 5.97 Å². The molecular weight excluding hydrogens is 408 g/mol. The number of carbonyl (C=O) groups excluding carboxylic acids is 1. The zero-order valence-corrected chi connectivity index (χ0v) is 17.6. The van der Waals surface area contributed by atoms with Crippen LogP contribution < -0.4 is 14.2 Å². The molecule has 2 aromatic carbocycles. The monoisotopic (exact) mass is 430 g/mol. The maximum Gasteiger partial charge on any atom is 0.317 e. The van der Waals surface area contributed by atoms with Crippen molar-refractivity contribution in [2.24, 2.45) is 4.99 Å². The maximum atomic E-state index is 12.8. The van der Waals surface area contributed by atoms with Gasteiger partial charge in [-0.2, -0.15) is 0 Å². The molecule has 1 amide bonds. The van der Waals surface area contributed by atoms with Crippen molar-refractivity contribution in [2.75, 3.05) is 21.3 Å². The molecule has 0 bridgehead atoms. The van der Waals surface area contributed by atoms with E-state index in [9.17, 15) is 14.7 Å². The molecule has 2 aromatic rings. The lowest BCUT2D eigenvalue weighted by Gasteiger charge is -2.31. The molecular formula is C21H22N2O6S. The van der Waals surface area contributed by atoms with E-state index < -0.39 is 11.2 Å². The van der Waals surface area contributed by atoms with E-state index >= 15 is 0 Å². The Morgan fingerprint density at radius 3 is 2.40 bits per heavy atom. The van der Waals surface area contributed by atoms with Gasteiger partial charge < -0.3 is 19.3 Å². The van der Waals surface area contributed by atoms with Crippen LogP contribution in [0.15, 0.2) is 47.5 Å². The largest absolute Gasteiger partial charge is 0.497 e. The zero-order chi connectivity index (χ0) is 21.7. The number of hydrogen-bond donors (Lipinski definition) is 1.